The molecule has 6 N–H and O–H groups in total. The molecule has 30 heavy (non-hydrogen) atoms. The molecule has 8 nitrogen and oxygen atoms in total. The van der Waals surface area contributed by atoms with Gasteiger partial charge in [0.1, 0.15) is 10.3 Å². The number of hydrogen-bond acceptors (Lipinski definition) is 7. The molecule has 2 heterocycles. The summed E-state index contributed by atoms with van der Waals surface area (Å²) in [5.41, 5.74) is 8.70. The summed E-state index contributed by atoms with van der Waals surface area (Å²) >= 11 is 14.1. The second kappa shape index (κ2) is 8.27. The Labute approximate surface area is 186 Å². The van der Waals surface area contributed by atoms with Crippen LogP contribution in [0.25, 0.3) is 10.3 Å². The highest BCUT2D eigenvalue weighted by atomic mass is 35.5. The van der Waals surface area contributed by atoms with Crippen molar-refractivity contribution in [1.82, 2.24) is 9.97 Å². The molecule has 0 spiro atoms. The van der Waals surface area contributed by atoms with E-state index in [1.54, 1.807) is 29.7 Å². The summed E-state index contributed by atoms with van der Waals surface area (Å²) in [6.07, 6.45) is 6.51. The van der Waals surface area contributed by atoms with Crippen LogP contribution in [-0.4, -0.2) is 16.0 Å². The lowest BCUT2D eigenvalue weighted by Gasteiger charge is -2.18. The van der Waals surface area contributed by atoms with Crippen molar-refractivity contribution in [2.75, 3.05) is 15.6 Å². The monoisotopic (exact) mass is 463 g/mol. The van der Waals surface area contributed by atoms with Crippen molar-refractivity contribution in [3.05, 3.63) is 51.3 Å². The molecule has 0 radical (unpaired) electrons. The summed E-state index contributed by atoms with van der Waals surface area (Å²) in [6.45, 7) is 1.95. The third kappa shape index (κ3) is 4.15. The number of rotatable bonds is 5. The van der Waals surface area contributed by atoms with E-state index < -0.39 is 6.03 Å². The van der Waals surface area contributed by atoms with Crippen LogP contribution in [0.5, 0.6) is 0 Å². The summed E-state index contributed by atoms with van der Waals surface area (Å²) in [5, 5.41) is 8.30. The largest absolute Gasteiger partial charge is 0.403 e. The number of hydrogen-bond donors (Lipinski definition) is 4. The number of benzene rings is 1. The number of urea groups is 1. The maximum absolute atomic E-state index is 12.6. The molecule has 1 aliphatic rings. The van der Waals surface area contributed by atoms with Crippen LogP contribution in [-0.2, 0) is 0 Å². The van der Waals surface area contributed by atoms with Gasteiger partial charge in [0.2, 0.25) is 0 Å². The number of pyridine rings is 1. The molecule has 1 aliphatic carbocycles. The van der Waals surface area contributed by atoms with E-state index in [1.807, 2.05) is 6.92 Å². The molecule has 3 aromatic rings. The van der Waals surface area contributed by atoms with Crippen LogP contribution in [0, 0.1) is 6.92 Å². The number of aromatic nitrogens is 2. The minimum atomic E-state index is -0.434. The lowest BCUT2D eigenvalue weighted by atomic mass is 10.1. The first-order valence-corrected chi connectivity index (χ1v) is 10.7. The Morgan fingerprint density at radius 2 is 2.00 bits per heavy atom. The van der Waals surface area contributed by atoms with Gasteiger partial charge in [-0.1, -0.05) is 34.5 Å². The van der Waals surface area contributed by atoms with Crippen molar-refractivity contribution < 1.29 is 4.79 Å². The third-order valence-electron chi connectivity index (χ3n) is 4.59. The normalized spacial score (nSPS) is 13.7. The van der Waals surface area contributed by atoms with Gasteiger partial charge in [-0.15, -0.1) is 0 Å². The van der Waals surface area contributed by atoms with Crippen molar-refractivity contribution in [2.24, 2.45) is 11.6 Å². The first kappa shape index (κ1) is 20.7. The summed E-state index contributed by atoms with van der Waals surface area (Å²) in [7, 11) is 0. The number of anilines is 3. The fourth-order valence-corrected chi connectivity index (χ4v) is 4.68. The zero-order valence-corrected chi connectivity index (χ0v) is 18.3. The average Bonchev–Trinajstić information content (AvgIpc) is 3.41. The zero-order chi connectivity index (χ0) is 21.4. The Bertz CT molecular complexity index is 1140. The van der Waals surface area contributed by atoms with Gasteiger partial charge in [0.25, 0.3) is 0 Å². The minimum absolute atomic E-state index is 0.262. The molecule has 1 saturated carbocycles. The maximum Gasteiger partial charge on any atom is 0.323 e. The fourth-order valence-electron chi connectivity index (χ4n) is 3.22. The molecule has 0 atom stereocenters. The Balaban J connectivity index is 1.56. The molecular formula is C19H19Cl2N7OS. The number of halogens is 2. The minimum Gasteiger partial charge on any atom is -0.403 e. The van der Waals surface area contributed by atoms with Crippen molar-refractivity contribution in [3.63, 3.8) is 0 Å². The molecule has 1 fully saturated rings. The lowest BCUT2D eigenvalue weighted by Crippen LogP contribution is -2.25. The molecular weight excluding hydrogens is 445 g/mol. The number of nitrogens with zero attached hydrogens (tertiary/aromatic N) is 3. The summed E-state index contributed by atoms with van der Waals surface area (Å²) < 4.78 is 0. The summed E-state index contributed by atoms with van der Waals surface area (Å²) in [6, 6.07) is 2.68. The second-order valence-electron chi connectivity index (χ2n) is 6.86. The number of fused-ring (bicyclic) bond motifs is 1. The van der Waals surface area contributed by atoms with Crippen molar-refractivity contribution in [1.29, 1.82) is 0 Å². The second-order valence-corrected chi connectivity index (χ2v) is 8.86. The Hall–Kier alpha value is -2.59. The molecule has 0 aliphatic heterocycles. The smallest absolute Gasteiger partial charge is 0.323 e. The molecule has 0 unspecified atom stereocenters. The summed E-state index contributed by atoms with van der Waals surface area (Å²) in [4.78, 5) is 22.6. The van der Waals surface area contributed by atoms with E-state index in [9.17, 15) is 4.79 Å². The maximum atomic E-state index is 12.6. The number of nitrogens with two attached hydrogens (primary N) is 2. The van der Waals surface area contributed by atoms with Crippen LogP contribution in [0.3, 0.4) is 0 Å². The topological polar surface area (TPSA) is 122 Å². The molecule has 156 valence electrons. The van der Waals surface area contributed by atoms with Gasteiger partial charge in [0.15, 0.2) is 0 Å². The van der Waals surface area contributed by atoms with Crippen LogP contribution in [0.1, 0.15) is 29.3 Å². The Morgan fingerprint density at radius 3 is 2.63 bits per heavy atom. The van der Waals surface area contributed by atoms with Crippen molar-refractivity contribution >= 4 is 68.0 Å². The average molecular weight is 464 g/mol. The Morgan fingerprint density at radius 1 is 1.30 bits per heavy atom. The standard InChI is InChI=1S/C19H19Cl2N7OS/c1-9-25-16-15(10-2-3-10)14(8-24-18(16)30-9)27-19(29)26-11-6-12(20)17(13(21)7-11)28(23)5-4-22/h4-8,10H,2-3,22-23H2,1H3,(H2,26,27,29)/b5-4-. The van der Waals surface area contributed by atoms with E-state index in [0.717, 1.165) is 33.8 Å². The molecule has 1 aromatic carbocycles. The number of nitrogens with one attached hydrogen (secondary N) is 2. The van der Waals surface area contributed by atoms with E-state index in [-0.39, 0.29) is 10.0 Å². The van der Waals surface area contributed by atoms with Crippen molar-refractivity contribution in [3.8, 4) is 0 Å². The first-order chi connectivity index (χ1) is 14.4. The van der Waals surface area contributed by atoms with E-state index >= 15 is 0 Å². The molecule has 2 aromatic heterocycles. The molecule has 11 heteroatoms. The van der Waals surface area contributed by atoms with Gasteiger partial charge in [0.05, 0.1) is 32.6 Å². The van der Waals surface area contributed by atoms with Crippen LogP contribution in [0.4, 0.5) is 21.9 Å². The number of carbonyl (C=O) groups is 1. The van der Waals surface area contributed by atoms with E-state index in [2.05, 4.69) is 20.6 Å². The van der Waals surface area contributed by atoms with Gasteiger partial charge in [-0.05, 0) is 37.8 Å². The molecule has 0 bridgehead atoms. The van der Waals surface area contributed by atoms with E-state index in [4.69, 9.17) is 34.8 Å². The van der Waals surface area contributed by atoms with Gasteiger partial charge in [-0.3, -0.25) is 5.01 Å². The van der Waals surface area contributed by atoms with Crippen LogP contribution in [0.2, 0.25) is 10.0 Å². The third-order valence-corrected chi connectivity index (χ3v) is 6.04. The fraction of sp³-hybridized carbons (Fsp3) is 0.211. The Kier molecular flexibility index (Phi) is 5.70. The van der Waals surface area contributed by atoms with Gasteiger partial charge in [-0.25, -0.2) is 20.6 Å². The molecule has 2 amide bonds. The lowest BCUT2D eigenvalue weighted by molar-refractivity contribution is 0.262. The van der Waals surface area contributed by atoms with E-state index in [1.165, 1.54) is 17.4 Å². The molecule has 4 rings (SSSR count). The quantitative estimate of drug-likeness (QED) is 0.314. The van der Waals surface area contributed by atoms with Crippen LogP contribution >= 0.6 is 34.5 Å². The highest BCUT2D eigenvalue weighted by molar-refractivity contribution is 7.18. The van der Waals surface area contributed by atoms with Gasteiger partial charge >= 0.3 is 6.03 Å². The number of amides is 2. The van der Waals surface area contributed by atoms with Crippen LogP contribution in [0.15, 0.2) is 30.7 Å². The van der Waals surface area contributed by atoms with Gasteiger partial charge < -0.3 is 16.4 Å². The highest BCUT2D eigenvalue weighted by Gasteiger charge is 2.30. The van der Waals surface area contributed by atoms with Crippen molar-refractivity contribution in [2.45, 2.75) is 25.7 Å². The molecule has 0 saturated heterocycles. The van der Waals surface area contributed by atoms with Gasteiger partial charge in [-0.2, -0.15) is 0 Å². The highest BCUT2D eigenvalue weighted by Crippen LogP contribution is 2.46. The predicted octanol–water partition coefficient (Wildman–Crippen LogP) is 4.94. The van der Waals surface area contributed by atoms with E-state index in [0.29, 0.717) is 23.0 Å². The van der Waals surface area contributed by atoms with Gasteiger partial charge in [0, 0.05) is 23.7 Å². The predicted molar refractivity (Wildman–Crippen MR) is 123 cm³/mol. The number of hydrazine groups is 1. The SMILES string of the molecule is Cc1nc2c(C3CC3)c(NC(=O)Nc3cc(Cl)c(N(N)/C=C\N)c(Cl)c3)cnc2s1. The number of carbonyl (C=O) groups excluding carboxylic acids is 1. The van der Waals surface area contributed by atoms with Crippen LogP contribution < -0.4 is 27.2 Å². The zero-order valence-electron chi connectivity index (χ0n) is 15.9. The summed E-state index contributed by atoms with van der Waals surface area (Å²) in [5.74, 6) is 6.23. The number of aryl methyl sites for hydroxylation is 1. The number of thiazole rings is 1. The first-order valence-electron chi connectivity index (χ1n) is 9.12.